The highest BCUT2D eigenvalue weighted by Gasteiger charge is 2.59. The molecule has 2 saturated carbocycles. The molecule has 4 aliphatic rings. The highest BCUT2D eigenvalue weighted by molar-refractivity contribution is 7.14. The van der Waals surface area contributed by atoms with Crippen molar-refractivity contribution in [3.8, 4) is 22.9 Å². The van der Waals surface area contributed by atoms with Gasteiger partial charge in [-0.15, -0.1) is 11.3 Å². The number of allylic oxidation sites excluding steroid dienone is 1. The first-order valence-corrected chi connectivity index (χ1v) is 20.6. The number of carbonyl (C=O) groups is 4. The zero-order valence-corrected chi connectivity index (χ0v) is 32.9. The maximum atomic E-state index is 14.6. The number of anilines is 1. The summed E-state index contributed by atoms with van der Waals surface area (Å²) in [6.07, 6.45) is 10.8. The molecule has 7 rings (SSSR count). The Bertz CT molecular complexity index is 1940. The van der Waals surface area contributed by atoms with E-state index in [-0.39, 0.29) is 42.7 Å². The van der Waals surface area contributed by atoms with Crippen LogP contribution in [0.4, 0.5) is 9.93 Å². The SMILES string of the molecule is COc1ccc2c(O[C@@H]3C[C@H]4C(=O)N[C@]5(C(C)=O)C[C@H]5C=CCCCCC[C@H](NC(=O)OC5CCCC5)C(=O)N4C3)cc(-c3csc(NC(C)C)n3)nc2c1. The maximum Gasteiger partial charge on any atom is 0.408 e. The summed E-state index contributed by atoms with van der Waals surface area (Å²) in [6.45, 7) is 5.70. The summed E-state index contributed by atoms with van der Waals surface area (Å²) in [6, 6.07) is 5.78. The van der Waals surface area contributed by atoms with E-state index in [1.807, 2.05) is 35.7 Å². The monoisotopic (exact) mass is 772 g/mol. The number of nitrogens with zero attached hydrogens (tertiary/aromatic N) is 3. The van der Waals surface area contributed by atoms with Gasteiger partial charge in [0.1, 0.15) is 47.0 Å². The van der Waals surface area contributed by atoms with Crippen LogP contribution in [0.15, 0.2) is 41.8 Å². The molecule has 3 N–H and O–H groups in total. The fourth-order valence-electron chi connectivity index (χ4n) is 8.09. The van der Waals surface area contributed by atoms with Crippen molar-refractivity contribution in [2.45, 2.75) is 127 Å². The Balaban J connectivity index is 1.20. The number of nitrogens with one attached hydrogen (secondary N) is 3. The van der Waals surface area contributed by atoms with Crippen LogP contribution in [0.25, 0.3) is 22.3 Å². The number of thiazole rings is 1. The number of hydrogen-bond acceptors (Lipinski definition) is 11. The van der Waals surface area contributed by atoms with Gasteiger partial charge in [-0.3, -0.25) is 14.4 Å². The molecule has 4 heterocycles. The van der Waals surface area contributed by atoms with E-state index in [9.17, 15) is 19.2 Å². The molecule has 0 bridgehead atoms. The molecule has 1 saturated heterocycles. The number of pyridine rings is 1. The quantitative estimate of drug-likeness (QED) is 0.203. The smallest absolute Gasteiger partial charge is 0.408 e. The van der Waals surface area contributed by atoms with E-state index in [2.05, 4.69) is 35.9 Å². The molecule has 3 aromatic rings. The molecule has 13 nitrogen and oxygen atoms in total. The van der Waals surface area contributed by atoms with Crippen molar-refractivity contribution in [1.82, 2.24) is 25.5 Å². The average Bonchev–Trinajstić information content (AvgIpc) is 3.58. The third-order valence-corrected chi connectivity index (χ3v) is 12.0. The van der Waals surface area contributed by atoms with Gasteiger partial charge >= 0.3 is 6.09 Å². The second kappa shape index (κ2) is 16.6. The highest BCUT2D eigenvalue weighted by Crippen LogP contribution is 2.46. The number of ether oxygens (including phenoxy) is 3. The van der Waals surface area contributed by atoms with Crippen molar-refractivity contribution in [2.24, 2.45) is 5.92 Å². The summed E-state index contributed by atoms with van der Waals surface area (Å²) < 4.78 is 18.0. The van der Waals surface area contributed by atoms with Gasteiger partial charge in [0.15, 0.2) is 10.9 Å². The van der Waals surface area contributed by atoms with E-state index in [0.717, 1.165) is 55.5 Å². The number of alkyl carbamates (subject to hydrolysis) is 1. The van der Waals surface area contributed by atoms with Gasteiger partial charge in [-0.2, -0.15) is 0 Å². The van der Waals surface area contributed by atoms with Gasteiger partial charge in [0, 0.05) is 41.3 Å². The van der Waals surface area contributed by atoms with Crippen molar-refractivity contribution in [3.05, 3.63) is 41.8 Å². The minimum atomic E-state index is -1.00. The van der Waals surface area contributed by atoms with E-state index in [1.54, 1.807) is 7.11 Å². The number of methoxy groups -OCH3 is 1. The molecule has 5 atom stereocenters. The Hall–Kier alpha value is -4.72. The topological polar surface area (TPSA) is 161 Å². The Labute approximate surface area is 326 Å². The molecule has 2 aromatic heterocycles. The second-order valence-corrected chi connectivity index (χ2v) is 16.5. The first-order valence-electron chi connectivity index (χ1n) is 19.7. The zero-order chi connectivity index (χ0) is 38.7. The van der Waals surface area contributed by atoms with Gasteiger partial charge in [0.25, 0.3) is 0 Å². The lowest BCUT2D eigenvalue weighted by Crippen LogP contribution is -2.56. The molecule has 294 valence electrons. The van der Waals surface area contributed by atoms with Crippen LogP contribution in [0.1, 0.15) is 91.4 Å². The normalized spacial score (nSPS) is 26.1. The van der Waals surface area contributed by atoms with Crippen molar-refractivity contribution in [1.29, 1.82) is 0 Å². The number of hydrogen-bond donors (Lipinski definition) is 3. The summed E-state index contributed by atoms with van der Waals surface area (Å²) in [4.78, 5) is 66.3. The number of ketones is 1. The summed E-state index contributed by atoms with van der Waals surface area (Å²) in [5.41, 5.74) is 0.918. The molecule has 2 aliphatic heterocycles. The van der Waals surface area contributed by atoms with Gasteiger partial charge < -0.3 is 35.1 Å². The standard InChI is InChI=1S/C41H52N6O7S/c1-24(2)42-39-44-34(23-55-39)33-20-36(30-17-16-28(52-4)18-32(30)43-33)53-29-19-35-37(49)46-41(25(3)48)21-26(41)12-8-6-5-7-9-15-31(38(50)47(35)22-29)45-40(51)54-27-13-10-11-14-27/h8,12,16-18,20,23-24,26-27,29,31,35H,5-7,9-11,13-15,19,21-22H2,1-4H3,(H,42,44)(H,45,51)(H,46,49)/t26-,29-,31+,35+,41+/m1/s1. The van der Waals surface area contributed by atoms with E-state index in [1.165, 1.54) is 23.2 Å². The predicted octanol–water partition coefficient (Wildman–Crippen LogP) is 6.56. The highest BCUT2D eigenvalue weighted by atomic mass is 32.1. The van der Waals surface area contributed by atoms with Crippen LogP contribution in [0.2, 0.25) is 0 Å². The summed E-state index contributed by atoms with van der Waals surface area (Å²) in [5, 5.41) is 12.7. The summed E-state index contributed by atoms with van der Waals surface area (Å²) in [7, 11) is 1.60. The van der Waals surface area contributed by atoms with Crippen molar-refractivity contribution >= 4 is 51.1 Å². The van der Waals surface area contributed by atoms with Gasteiger partial charge in [-0.05, 0) is 84.3 Å². The number of Topliss-reactive ketones (excluding diaryl/α,β-unsaturated/α-hetero) is 1. The zero-order valence-electron chi connectivity index (χ0n) is 32.1. The Morgan fingerprint density at radius 1 is 1.02 bits per heavy atom. The Kier molecular flexibility index (Phi) is 11.6. The molecule has 55 heavy (non-hydrogen) atoms. The van der Waals surface area contributed by atoms with E-state index in [4.69, 9.17) is 24.2 Å². The largest absolute Gasteiger partial charge is 0.497 e. The number of benzene rings is 1. The molecule has 14 heteroatoms. The van der Waals surface area contributed by atoms with Crippen LogP contribution in [-0.2, 0) is 19.1 Å². The molecule has 0 spiro atoms. The van der Waals surface area contributed by atoms with Crippen molar-refractivity contribution in [2.75, 3.05) is 19.0 Å². The molecular weight excluding hydrogens is 721 g/mol. The van der Waals surface area contributed by atoms with Crippen LogP contribution < -0.4 is 25.4 Å². The first-order chi connectivity index (χ1) is 26.5. The second-order valence-electron chi connectivity index (χ2n) is 15.6. The molecule has 0 radical (unpaired) electrons. The van der Waals surface area contributed by atoms with Crippen LogP contribution in [-0.4, -0.2) is 88.1 Å². The van der Waals surface area contributed by atoms with Gasteiger partial charge in [-0.1, -0.05) is 25.0 Å². The van der Waals surface area contributed by atoms with E-state index >= 15 is 0 Å². The third-order valence-electron chi connectivity index (χ3n) is 11.2. The molecular formula is C41H52N6O7S. The lowest BCUT2D eigenvalue weighted by atomic mass is 10.0. The molecule has 0 unspecified atom stereocenters. The van der Waals surface area contributed by atoms with Gasteiger partial charge in [-0.25, -0.2) is 14.8 Å². The minimum absolute atomic E-state index is 0.0949. The van der Waals surface area contributed by atoms with Crippen molar-refractivity contribution < 1.29 is 33.4 Å². The lowest BCUT2D eigenvalue weighted by molar-refractivity contribution is -0.141. The van der Waals surface area contributed by atoms with E-state index in [0.29, 0.717) is 47.7 Å². The van der Waals surface area contributed by atoms with Gasteiger partial charge in [0.2, 0.25) is 11.8 Å². The van der Waals surface area contributed by atoms with Crippen LogP contribution in [0, 0.1) is 5.92 Å². The fourth-order valence-corrected chi connectivity index (χ4v) is 8.94. The predicted molar refractivity (Wildman–Crippen MR) is 210 cm³/mol. The minimum Gasteiger partial charge on any atom is -0.497 e. The number of fused-ring (bicyclic) bond motifs is 3. The fraction of sp³-hybridized carbons (Fsp3) is 0.561. The molecule has 2 aliphatic carbocycles. The summed E-state index contributed by atoms with van der Waals surface area (Å²) >= 11 is 1.49. The summed E-state index contributed by atoms with van der Waals surface area (Å²) in [5.74, 6) is 0.164. The molecule has 1 aromatic carbocycles. The van der Waals surface area contributed by atoms with Crippen LogP contribution in [0.3, 0.4) is 0 Å². The molecule has 3 fully saturated rings. The Morgan fingerprint density at radius 3 is 2.58 bits per heavy atom. The van der Waals surface area contributed by atoms with Crippen LogP contribution in [0.5, 0.6) is 11.5 Å². The third kappa shape index (κ3) is 8.74. The van der Waals surface area contributed by atoms with Crippen LogP contribution >= 0.6 is 11.3 Å². The van der Waals surface area contributed by atoms with E-state index < -0.39 is 35.7 Å². The van der Waals surface area contributed by atoms with Crippen molar-refractivity contribution in [3.63, 3.8) is 0 Å². The number of amides is 3. The first kappa shape index (κ1) is 38.6. The molecule has 3 amide bonds. The number of aromatic nitrogens is 2. The number of rotatable bonds is 9. The average molecular weight is 773 g/mol. The van der Waals surface area contributed by atoms with Gasteiger partial charge in [0.05, 0.1) is 24.9 Å². The maximum absolute atomic E-state index is 14.6. The lowest BCUT2D eigenvalue weighted by Gasteiger charge is -2.29. The Morgan fingerprint density at radius 2 is 1.82 bits per heavy atom. The number of carbonyl (C=O) groups excluding carboxylic acids is 4.